The summed E-state index contributed by atoms with van der Waals surface area (Å²) in [5.41, 5.74) is 0.270. The van der Waals surface area contributed by atoms with Crippen molar-refractivity contribution in [2.75, 3.05) is 0 Å². The minimum absolute atomic E-state index is 0.0243. The highest BCUT2D eigenvalue weighted by Crippen LogP contribution is 2.66. The van der Waals surface area contributed by atoms with Gasteiger partial charge in [0.1, 0.15) is 0 Å². The maximum absolute atomic E-state index is 10.4. The van der Waals surface area contributed by atoms with Crippen LogP contribution in [0.15, 0.2) is 24.0 Å². The quantitative estimate of drug-likeness (QED) is 0.648. The minimum atomic E-state index is -0.243. The Kier molecular flexibility index (Phi) is 3.11. The van der Waals surface area contributed by atoms with Crippen LogP contribution in [0.1, 0.15) is 52.9 Å². The Morgan fingerprint density at radius 3 is 2.73 bits per heavy atom. The van der Waals surface area contributed by atoms with Crippen LogP contribution in [0.25, 0.3) is 0 Å². The molecule has 0 aromatic carbocycles. The Morgan fingerprint density at radius 2 is 1.95 bits per heavy atom. The Labute approximate surface area is 134 Å². The SMILES string of the molecule is CC1CC2CC(O)C=C[C@]2(C)[C@@H]2CC[C@]3(C)C(O)=CC[C@H]3[C@H]12. The summed E-state index contributed by atoms with van der Waals surface area (Å²) in [5.74, 6) is 4.01. The monoisotopic (exact) mass is 302 g/mol. The third-order valence-corrected chi connectivity index (χ3v) is 8.07. The van der Waals surface area contributed by atoms with Gasteiger partial charge in [0.2, 0.25) is 0 Å². The molecule has 2 N–H and O–H groups in total. The molecule has 0 bridgehead atoms. The van der Waals surface area contributed by atoms with Crippen LogP contribution in [-0.4, -0.2) is 16.3 Å². The summed E-state index contributed by atoms with van der Waals surface area (Å²) in [6.07, 6.45) is 11.8. The first-order valence-electron chi connectivity index (χ1n) is 9.13. The van der Waals surface area contributed by atoms with E-state index in [-0.39, 0.29) is 16.9 Å². The van der Waals surface area contributed by atoms with E-state index in [1.807, 2.05) is 6.08 Å². The first-order chi connectivity index (χ1) is 10.4. The number of hydrogen-bond acceptors (Lipinski definition) is 2. The number of fused-ring (bicyclic) bond motifs is 5. The van der Waals surface area contributed by atoms with Crippen molar-refractivity contribution in [1.82, 2.24) is 0 Å². The second kappa shape index (κ2) is 4.63. The van der Waals surface area contributed by atoms with Gasteiger partial charge in [-0.2, -0.15) is 0 Å². The van der Waals surface area contributed by atoms with Crippen LogP contribution in [0, 0.1) is 40.4 Å². The van der Waals surface area contributed by atoms with E-state index < -0.39 is 0 Å². The zero-order chi connectivity index (χ0) is 15.7. The van der Waals surface area contributed by atoms with E-state index in [2.05, 4.69) is 32.9 Å². The zero-order valence-electron chi connectivity index (χ0n) is 14.1. The molecule has 0 radical (unpaired) electrons. The second-order valence-corrected chi connectivity index (χ2v) is 9.01. The van der Waals surface area contributed by atoms with Crippen molar-refractivity contribution in [2.45, 2.75) is 59.0 Å². The normalized spacial score (nSPS) is 56.8. The summed E-state index contributed by atoms with van der Waals surface area (Å²) in [5, 5.41) is 20.4. The van der Waals surface area contributed by atoms with Crippen LogP contribution in [0.3, 0.4) is 0 Å². The van der Waals surface area contributed by atoms with Gasteiger partial charge in [-0.25, -0.2) is 0 Å². The van der Waals surface area contributed by atoms with Gasteiger partial charge in [-0.1, -0.05) is 32.9 Å². The number of aliphatic hydroxyl groups is 2. The molecule has 22 heavy (non-hydrogen) atoms. The molecule has 0 aromatic heterocycles. The van der Waals surface area contributed by atoms with E-state index in [9.17, 15) is 10.2 Å². The Balaban J connectivity index is 1.72. The summed E-state index contributed by atoms with van der Waals surface area (Å²) in [6, 6.07) is 0. The minimum Gasteiger partial charge on any atom is -0.512 e. The van der Waals surface area contributed by atoms with Gasteiger partial charge in [-0.15, -0.1) is 0 Å². The van der Waals surface area contributed by atoms with Crippen molar-refractivity contribution in [3.63, 3.8) is 0 Å². The molecule has 4 aliphatic carbocycles. The van der Waals surface area contributed by atoms with Crippen molar-refractivity contribution < 1.29 is 10.2 Å². The van der Waals surface area contributed by atoms with Gasteiger partial charge in [-0.3, -0.25) is 0 Å². The molecule has 0 spiro atoms. The largest absolute Gasteiger partial charge is 0.512 e. The highest BCUT2D eigenvalue weighted by atomic mass is 16.3. The first kappa shape index (κ1) is 14.8. The summed E-state index contributed by atoms with van der Waals surface area (Å²) in [7, 11) is 0. The topological polar surface area (TPSA) is 40.5 Å². The molecular formula is C20H30O2. The highest BCUT2D eigenvalue weighted by Gasteiger charge is 2.59. The predicted molar refractivity (Wildman–Crippen MR) is 88.3 cm³/mol. The molecule has 2 heteroatoms. The van der Waals surface area contributed by atoms with Crippen LogP contribution >= 0.6 is 0 Å². The van der Waals surface area contributed by atoms with Crippen LogP contribution in [-0.2, 0) is 0 Å². The van der Waals surface area contributed by atoms with Crippen molar-refractivity contribution in [2.24, 2.45) is 40.4 Å². The average molecular weight is 302 g/mol. The van der Waals surface area contributed by atoms with E-state index in [0.717, 1.165) is 19.3 Å². The Bertz CT molecular complexity index is 536. The summed E-state index contributed by atoms with van der Waals surface area (Å²) in [4.78, 5) is 0. The van der Waals surface area contributed by atoms with E-state index in [0.29, 0.717) is 35.3 Å². The molecule has 4 aliphatic rings. The van der Waals surface area contributed by atoms with Crippen LogP contribution in [0.5, 0.6) is 0 Å². The van der Waals surface area contributed by atoms with Crippen molar-refractivity contribution in [1.29, 1.82) is 0 Å². The maximum Gasteiger partial charge on any atom is 0.0944 e. The van der Waals surface area contributed by atoms with Gasteiger partial charge < -0.3 is 10.2 Å². The highest BCUT2D eigenvalue weighted by molar-refractivity contribution is 5.23. The van der Waals surface area contributed by atoms with Crippen LogP contribution in [0.4, 0.5) is 0 Å². The standard InChI is InChI=1S/C20H30O2/c1-12-10-13-11-14(21)6-8-19(13,2)16-7-9-20(3)15(18(12)16)4-5-17(20)22/h5-6,8,12-16,18,21-22H,4,7,9-11H2,1-3H3/t12?,13?,14?,15-,16+,18-,19-,20-/m0/s1. The van der Waals surface area contributed by atoms with Gasteiger partial charge in [0.15, 0.2) is 0 Å². The molecule has 0 aliphatic heterocycles. The molecule has 4 rings (SSSR count). The Morgan fingerprint density at radius 1 is 1.18 bits per heavy atom. The molecule has 2 nitrogen and oxygen atoms in total. The molecular weight excluding hydrogens is 272 g/mol. The van der Waals surface area contributed by atoms with E-state index in [4.69, 9.17) is 0 Å². The molecule has 122 valence electrons. The van der Waals surface area contributed by atoms with E-state index in [1.54, 1.807) is 0 Å². The molecule has 3 unspecified atom stereocenters. The fraction of sp³-hybridized carbons (Fsp3) is 0.800. The fourth-order valence-electron chi connectivity index (χ4n) is 6.73. The van der Waals surface area contributed by atoms with Gasteiger partial charge in [0.05, 0.1) is 11.9 Å². The molecule has 8 atom stereocenters. The van der Waals surface area contributed by atoms with Gasteiger partial charge in [0, 0.05) is 5.41 Å². The summed E-state index contributed by atoms with van der Waals surface area (Å²) >= 11 is 0. The lowest BCUT2D eigenvalue weighted by molar-refractivity contribution is -0.104. The lowest BCUT2D eigenvalue weighted by atomic mass is 9.44. The number of allylic oxidation sites excluding steroid dienone is 3. The van der Waals surface area contributed by atoms with Crippen molar-refractivity contribution in [3.8, 4) is 0 Å². The molecule has 2 saturated carbocycles. The van der Waals surface area contributed by atoms with Gasteiger partial charge in [-0.05, 0) is 73.2 Å². The lowest BCUT2D eigenvalue weighted by Crippen LogP contribution is -2.55. The van der Waals surface area contributed by atoms with E-state index >= 15 is 0 Å². The lowest BCUT2D eigenvalue weighted by Gasteiger charge is -2.60. The van der Waals surface area contributed by atoms with Gasteiger partial charge >= 0.3 is 0 Å². The predicted octanol–water partition coefficient (Wildman–Crippen LogP) is 4.46. The maximum atomic E-state index is 10.4. The number of hydrogen-bond donors (Lipinski definition) is 2. The van der Waals surface area contributed by atoms with E-state index in [1.165, 1.54) is 12.8 Å². The van der Waals surface area contributed by atoms with Gasteiger partial charge in [0.25, 0.3) is 0 Å². The summed E-state index contributed by atoms with van der Waals surface area (Å²) < 4.78 is 0. The smallest absolute Gasteiger partial charge is 0.0944 e. The van der Waals surface area contributed by atoms with Crippen molar-refractivity contribution >= 4 is 0 Å². The fourth-order valence-corrected chi connectivity index (χ4v) is 6.73. The molecule has 2 fully saturated rings. The second-order valence-electron chi connectivity index (χ2n) is 9.01. The zero-order valence-corrected chi connectivity index (χ0v) is 14.1. The first-order valence-corrected chi connectivity index (χ1v) is 9.13. The molecule has 0 saturated heterocycles. The average Bonchev–Trinajstić information content (AvgIpc) is 2.77. The molecule has 0 aromatic rings. The Hall–Kier alpha value is -0.760. The third-order valence-electron chi connectivity index (χ3n) is 8.07. The number of rotatable bonds is 0. The molecule has 0 heterocycles. The van der Waals surface area contributed by atoms with Crippen LogP contribution < -0.4 is 0 Å². The third kappa shape index (κ3) is 1.76. The molecule has 0 amide bonds. The summed E-state index contributed by atoms with van der Waals surface area (Å²) in [6.45, 7) is 7.14. The van der Waals surface area contributed by atoms with Crippen LogP contribution in [0.2, 0.25) is 0 Å². The number of aliphatic hydroxyl groups excluding tert-OH is 2. The van der Waals surface area contributed by atoms with Crippen molar-refractivity contribution in [3.05, 3.63) is 24.0 Å².